The van der Waals surface area contributed by atoms with Gasteiger partial charge < -0.3 is 9.47 Å². The SMILES string of the molecule is COC/C=C/N(C)C(=O)OC(C)(C)C. The molecule has 0 saturated heterocycles. The minimum Gasteiger partial charge on any atom is -0.443 e. The summed E-state index contributed by atoms with van der Waals surface area (Å²) in [7, 11) is 3.23. The lowest BCUT2D eigenvalue weighted by atomic mass is 10.2. The molecule has 0 bridgehead atoms. The first-order valence-electron chi connectivity index (χ1n) is 4.48. The van der Waals surface area contributed by atoms with Crippen molar-refractivity contribution in [3.63, 3.8) is 0 Å². The van der Waals surface area contributed by atoms with E-state index in [0.29, 0.717) is 6.61 Å². The normalized spacial score (nSPS) is 11.8. The molecule has 0 aliphatic carbocycles. The molecule has 0 rings (SSSR count). The van der Waals surface area contributed by atoms with Gasteiger partial charge in [0.05, 0.1) is 6.61 Å². The van der Waals surface area contributed by atoms with Crippen LogP contribution >= 0.6 is 0 Å². The highest BCUT2D eigenvalue weighted by atomic mass is 16.6. The second-order valence-corrected chi connectivity index (χ2v) is 3.93. The van der Waals surface area contributed by atoms with Gasteiger partial charge in [0, 0.05) is 20.4 Å². The molecule has 0 saturated carbocycles. The lowest BCUT2D eigenvalue weighted by molar-refractivity contribution is 0.0371. The number of amides is 1. The Balaban J connectivity index is 4.00. The summed E-state index contributed by atoms with van der Waals surface area (Å²) in [5, 5.41) is 0. The van der Waals surface area contributed by atoms with E-state index in [1.165, 1.54) is 4.90 Å². The van der Waals surface area contributed by atoms with Gasteiger partial charge in [0.1, 0.15) is 5.60 Å². The van der Waals surface area contributed by atoms with Crippen LogP contribution in [0.25, 0.3) is 0 Å². The van der Waals surface area contributed by atoms with E-state index in [9.17, 15) is 4.79 Å². The first-order valence-corrected chi connectivity index (χ1v) is 4.48. The van der Waals surface area contributed by atoms with Gasteiger partial charge in [0.15, 0.2) is 0 Å². The van der Waals surface area contributed by atoms with Crippen LogP contribution in [0.4, 0.5) is 4.79 Å². The molecule has 14 heavy (non-hydrogen) atoms. The molecule has 0 spiro atoms. The second-order valence-electron chi connectivity index (χ2n) is 3.93. The molecule has 0 aliphatic rings. The van der Waals surface area contributed by atoms with Crippen LogP contribution in [0, 0.1) is 0 Å². The highest BCUT2D eigenvalue weighted by Gasteiger charge is 2.17. The number of hydrogen-bond donors (Lipinski definition) is 0. The predicted octanol–water partition coefficient (Wildman–Crippen LogP) is 2.01. The third-order valence-electron chi connectivity index (χ3n) is 1.27. The van der Waals surface area contributed by atoms with E-state index in [1.54, 1.807) is 26.4 Å². The number of rotatable bonds is 3. The van der Waals surface area contributed by atoms with Crippen LogP contribution in [-0.4, -0.2) is 37.4 Å². The molecule has 82 valence electrons. The van der Waals surface area contributed by atoms with Crippen LogP contribution < -0.4 is 0 Å². The molecule has 0 aromatic rings. The smallest absolute Gasteiger partial charge is 0.414 e. The van der Waals surface area contributed by atoms with Crippen LogP contribution in [0.15, 0.2) is 12.3 Å². The zero-order chi connectivity index (χ0) is 11.2. The number of methoxy groups -OCH3 is 1. The van der Waals surface area contributed by atoms with Gasteiger partial charge in [-0.25, -0.2) is 4.79 Å². The zero-order valence-corrected chi connectivity index (χ0v) is 9.53. The monoisotopic (exact) mass is 201 g/mol. The Morgan fingerprint density at radius 3 is 2.43 bits per heavy atom. The van der Waals surface area contributed by atoms with E-state index in [0.717, 1.165) is 0 Å². The molecule has 4 nitrogen and oxygen atoms in total. The third kappa shape index (κ3) is 6.48. The van der Waals surface area contributed by atoms with Gasteiger partial charge in [0.25, 0.3) is 0 Å². The van der Waals surface area contributed by atoms with Crippen molar-refractivity contribution in [3.8, 4) is 0 Å². The van der Waals surface area contributed by atoms with Crippen molar-refractivity contribution in [1.29, 1.82) is 0 Å². The van der Waals surface area contributed by atoms with Crippen molar-refractivity contribution < 1.29 is 14.3 Å². The summed E-state index contributed by atoms with van der Waals surface area (Å²) < 4.78 is 9.93. The standard InChI is InChI=1S/C10H19NO3/c1-10(2,3)14-9(12)11(4)7-6-8-13-5/h6-7H,8H2,1-5H3/b7-6+. The summed E-state index contributed by atoms with van der Waals surface area (Å²) in [6.45, 7) is 5.97. The summed E-state index contributed by atoms with van der Waals surface area (Å²) >= 11 is 0. The first kappa shape index (κ1) is 13.0. The Morgan fingerprint density at radius 1 is 1.43 bits per heavy atom. The predicted molar refractivity (Wildman–Crippen MR) is 55.0 cm³/mol. The van der Waals surface area contributed by atoms with E-state index in [1.807, 2.05) is 20.8 Å². The quantitative estimate of drug-likeness (QED) is 0.701. The summed E-state index contributed by atoms with van der Waals surface area (Å²) in [5.41, 5.74) is -0.458. The van der Waals surface area contributed by atoms with Gasteiger partial charge >= 0.3 is 6.09 Å². The minimum absolute atomic E-state index is 0.371. The summed E-state index contributed by atoms with van der Waals surface area (Å²) in [6, 6.07) is 0. The summed E-state index contributed by atoms with van der Waals surface area (Å²) in [4.78, 5) is 12.7. The van der Waals surface area contributed by atoms with Crippen molar-refractivity contribution in [3.05, 3.63) is 12.3 Å². The van der Waals surface area contributed by atoms with Gasteiger partial charge in [-0.3, -0.25) is 4.90 Å². The molecule has 0 N–H and O–H groups in total. The van der Waals surface area contributed by atoms with Crippen LogP contribution in [0.3, 0.4) is 0 Å². The molecule has 0 aliphatic heterocycles. The fourth-order valence-electron chi connectivity index (χ4n) is 0.692. The van der Waals surface area contributed by atoms with E-state index < -0.39 is 5.60 Å². The van der Waals surface area contributed by atoms with Crippen molar-refractivity contribution in [2.75, 3.05) is 20.8 Å². The minimum atomic E-state index is -0.458. The zero-order valence-electron chi connectivity index (χ0n) is 9.53. The number of nitrogens with zero attached hydrogens (tertiary/aromatic N) is 1. The van der Waals surface area contributed by atoms with E-state index in [2.05, 4.69) is 0 Å². The number of carbonyl (C=O) groups is 1. The lowest BCUT2D eigenvalue weighted by Gasteiger charge is -2.22. The number of ether oxygens (including phenoxy) is 2. The Kier molecular flexibility index (Phi) is 5.23. The number of carbonyl (C=O) groups excluding carboxylic acids is 1. The Bertz CT molecular complexity index is 206. The highest BCUT2D eigenvalue weighted by molar-refractivity contribution is 5.68. The van der Waals surface area contributed by atoms with Crippen molar-refractivity contribution >= 4 is 6.09 Å². The van der Waals surface area contributed by atoms with Gasteiger partial charge in [-0.05, 0) is 26.8 Å². The maximum absolute atomic E-state index is 11.4. The Hall–Kier alpha value is -1.03. The molecule has 0 unspecified atom stereocenters. The van der Waals surface area contributed by atoms with Gasteiger partial charge in [-0.15, -0.1) is 0 Å². The third-order valence-corrected chi connectivity index (χ3v) is 1.27. The molecule has 0 aromatic heterocycles. The Morgan fingerprint density at radius 2 is 2.00 bits per heavy atom. The highest BCUT2D eigenvalue weighted by Crippen LogP contribution is 2.08. The van der Waals surface area contributed by atoms with E-state index in [-0.39, 0.29) is 6.09 Å². The van der Waals surface area contributed by atoms with E-state index >= 15 is 0 Å². The van der Waals surface area contributed by atoms with Crippen molar-refractivity contribution in [2.24, 2.45) is 0 Å². The van der Waals surface area contributed by atoms with Crippen LogP contribution in [-0.2, 0) is 9.47 Å². The molecular formula is C10H19NO3. The van der Waals surface area contributed by atoms with Gasteiger partial charge in [0.2, 0.25) is 0 Å². The molecule has 4 heteroatoms. The summed E-state index contributed by atoms with van der Waals surface area (Å²) in [6.07, 6.45) is 2.99. The Labute approximate surface area is 85.5 Å². The second kappa shape index (κ2) is 5.65. The van der Waals surface area contributed by atoms with Gasteiger partial charge in [-0.1, -0.05) is 0 Å². The number of hydrogen-bond acceptors (Lipinski definition) is 3. The van der Waals surface area contributed by atoms with Crippen LogP contribution in [0.1, 0.15) is 20.8 Å². The largest absolute Gasteiger partial charge is 0.443 e. The molecule has 0 heterocycles. The summed E-state index contributed by atoms with van der Waals surface area (Å²) in [5.74, 6) is 0. The molecular weight excluding hydrogens is 182 g/mol. The molecule has 0 atom stereocenters. The maximum atomic E-state index is 11.4. The lowest BCUT2D eigenvalue weighted by Crippen LogP contribution is -2.31. The van der Waals surface area contributed by atoms with Crippen molar-refractivity contribution in [1.82, 2.24) is 4.90 Å². The first-order chi connectivity index (χ1) is 6.37. The fourth-order valence-corrected chi connectivity index (χ4v) is 0.692. The maximum Gasteiger partial charge on any atom is 0.414 e. The van der Waals surface area contributed by atoms with Crippen LogP contribution in [0.5, 0.6) is 0 Å². The topological polar surface area (TPSA) is 38.8 Å². The van der Waals surface area contributed by atoms with E-state index in [4.69, 9.17) is 9.47 Å². The molecule has 0 fully saturated rings. The fraction of sp³-hybridized carbons (Fsp3) is 0.700. The van der Waals surface area contributed by atoms with Gasteiger partial charge in [-0.2, -0.15) is 0 Å². The van der Waals surface area contributed by atoms with Crippen LogP contribution in [0.2, 0.25) is 0 Å². The molecule has 1 amide bonds. The molecule has 0 radical (unpaired) electrons. The average molecular weight is 201 g/mol. The van der Waals surface area contributed by atoms with Crippen molar-refractivity contribution in [2.45, 2.75) is 26.4 Å². The molecule has 0 aromatic carbocycles. The average Bonchev–Trinajstić information content (AvgIpc) is 2.01.